The molecule has 2 nitrogen and oxygen atoms in total. The van der Waals surface area contributed by atoms with Gasteiger partial charge in [-0.25, -0.2) is 0 Å². The Hall–Kier alpha value is -1.28. The van der Waals surface area contributed by atoms with Crippen molar-refractivity contribution in [2.75, 3.05) is 7.11 Å². The molecule has 0 fully saturated rings. The van der Waals surface area contributed by atoms with E-state index in [-0.39, 0.29) is 6.42 Å². The molecule has 0 aliphatic heterocycles. The van der Waals surface area contributed by atoms with Crippen molar-refractivity contribution in [1.29, 1.82) is 5.26 Å². The number of hydrogen-bond acceptors (Lipinski definition) is 2. The Morgan fingerprint density at radius 2 is 2.13 bits per heavy atom. The first-order chi connectivity index (χ1) is 6.98. The van der Waals surface area contributed by atoms with Crippen molar-refractivity contribution in [1.82, 2.24) is 0 Å². The average molecular weight is 217 g/mol. The lowest BCUT2D eigenvalue weighted by molar-refractivity contribution is -0.262. The molecule has 2 atom stereocenters. The van der Waals surface area contributed by atoms with Gasteiger partial charge in [-0.3, -0.25) is 0 Å². The minimum atomic E-state index is -4.52. The fourth-order valence-corrected chi connectivity index (χ4v) is 1.62. The molecule has 0 aromatic carbocycles. The summed E-state index contributed by atoms with van der Waals surface area (Å²) in [6.45, 7) is 0. The van der Waals surface area contributed by atoms with Gasteiger partial charge in [-0.15, -0.1) is 0 Å². The standard InChI is InChI=1S/C10H10F3NO/c1-15-9(10(11,12)13)6-3-2-4-8(9)5-7-14/h2-4,6,8H,5H2,1H3/t8-,9-/m0/s1. The van der Waals surface area contributed by atoms with E-state index in [9.17, 15) is 13.2 Å². The fraction of sp³-hybridized carbons (Fsp3) is 0.500. The number of allylic oxidation sites excluding steroid dienone is 2. The van der Waals surface area contributed by atoms with Crippen molar-refractivity contribution in [3.63, 3.8) is 0 Å². The Bertz CT molecular complexity index is 327. The SMILES string of the molecule is CO[C@@]1(C(F)(F)F)C=CC=C[C@H]1CC#N. The first-order valence-electron chi connectivity index (χ1n) is 4.33. The molecule has 0 aromatic heterocycles. The molecule has 0 saturated carbocycles. The molecule has 0 amide bonds. The molecule has 0 unspecified atom stereocenters. The molecule has 5 heteroatoms. The van der Waals surface area contributed by atoms with E-state index in [0.717, 1.165) is 13.2 Å². The minimum Gasteiger partial charge on any atom is -0.364 e. The molecular formula is C10H10F3NO. The summed E-state index contributed by atoms with van der Waals surface area (Å²) >= 11 is 0. The third kappa shape index (κ3) is 1.90. The van der Waals surface area contributed by atoms with Crippen molar-refractivity contribution in [2.24, 2.45) is 5.92 Å². The van der Waals surface area contributed by atoms with Gasteiger partial charge in [0, 0.05) is 19.4 Å². The zero-order valence-corrected chi connectivity index (χ0v) is 8.08. The monoisotopic (exact) mass is 217 g/mol. The molecule has 0 N–H and O–H groups in total. The number of ether oxygens (including phenoxy) is 1. The molecule has 0 saturated heterocycles. The summed E-state index contributed by atoms with van der Waals surface area (Å²) in [5, 5.41) is 8.48. The van der Waals surface area contributed by atoms with Crippen LogP contribution in [0, 0.1) is 17.2 Å². The van der Waals surface area contributed by atoms with E-state index < -0.39 is 17.7 Å². The maximum atomic E-state index is 12.9. The van der Waals surface area contributed by atoms with Gasteiger partial charge in [-0.2, -0.15) is 18.4 Å². The van der Waals surface area contributed by atoms with E-state index in [1.54, 1.807) is 6.07 Å². The van der Waals surface area contributed by atoms with Crippen LogP contribution in [0.15, 0.2) is 24.3 Å². The highest BCUT2D eigenvalue weighted by molar-refractivity contribution is 5.25. The molecule has 1 rings (SSSR count). The van der Waals surface area contributed by atoms with Crippen molar-refractivity contribution in [2.45, 2.75) is 18.2 Å². The van der Waals surface area contributed by atoms with Gasteiger partial charge in [0.25, 0.3) is 0 Å². The van der Waals surface area contributed by atoms with Crippen LogP contribution in [0.1, 0.15) is 6.42 Å². The van der Waals surface area contributed by atoms with Crippen LogP contribution >= 0.6 is 0 Å². The molecule has 82 valence electrons. The minimum absolute atomic E-state index is 0.228. The number of alkyl halides is 3. The zero-order valence-electron chi connectivity index (χ0n) is 8.08. The third-order valence-corrected chi connectivity index (χ3v) is 2.44. The van der Waals surface area contributed by atoms with Gasteiger partial charge in [0.1, 0.15) is 0 Å². The van der Waals surface area contributed by atoms with Crippen LogP contribution in [0.5, 0.6) is 0 Å². The summed E-state index contributed by atoms with van der Waals surface area (Å²) in [5.74, 6) is -0.988. The molecule has 0 radical (unpaired) electrons. The van der Waals surface area contributed by atoms with E-state index in [1.165, 1.54) is 18.2 Å². The maximum Gasteiger partial charge on any atom is 0.421 e. The summed E-state index contributed by atoms with van der Waals surface area (Å²) in [4.78, 5) is 0. The molecule has 0 heterocycles. The van der Waals surface area contributed by atoms with Crippen LogP contribution < -0.4 is 0 Å². The first-order valence-corrected chi connectivity index (χ1v) is 4.33. The molecule has 0 aromatic rings. The van der Waals surface area contributed by atoms with Crippen LogP contribution in [0.4, 0.5) is 13.2 Å². The molecule has 0 spiro atoms. The van der Waals surface area contributed by atoms with Crippen LogP contribution in [-0.4, -0.2) is 18.9 Å². The molecule has 0 bridgehead atoms. The second kappa shape index (κ2) is 4.07. The average Bonchev–Trinajstić information content (AvgIpc) is 2.17. The molecule has 1 aliphatic carbocycles. The second-order valence-electron chi connectivity index (χ2n) is 3.21. The van der Waals surface area contributed by atoms with Crippen LogP contribution in [0.25, 0.3) is 0 Å². The van der Waals surface area contributed by atoms with Gasteiger partial charge in [0.15, 0.2) is 5.60 Å². The quantitative estimate of drug-likeness (QED) is 0.712. The van der Waals surface area contributed by atoms with Crippen molar-refractivity contribution in [3.05, 3.63) is 24.3 Å². The van der Waals surface area contributed by atoms with E-state index in [1.807, 2.05) is 0 Å². The topological polar surface area (TPSA) is 33.0 Å². The number of methoxy groups -OCH3 is 1. The highest BCUT2D eigenvalue weighted by Gasteiger charge is 2.58. The van der Waals surface area contributed by atoms with Gasteiger partial charge in [0.05, 0.1) is 6.07 Å². The number of rotatable bonds is 2. The third-order valence-electron chi connectivity index (χ3n) is 2.44. The molecular weight excluding hydrogens is 207 g/mol. The summed E-state index contributed by atoms with van der Waals surface area (Å²) in [5.41, 5.74) is -2.36. The van der Waals surface area contributed by atoms with Crippen molar-refractivity contribution >= 4 is 0 Å². The summed E-state index contributed by atoms with van der Waals surface area (Å²) < 4.78 is 43.1. The number of nitrogens with zero attached hydrogens (tertiary/aromatic N) is 1. The largest absolute Gasteiger partial charge is 0.421 e. The Kier molecular flexibility index (Phi) is 3.20. The maximum absolute atomic E-state index is 12.9. The lowest BCUT2D eigenvalue weighted by Gasteiger charge is -2.37. The first kappa shape index (κ1) is 11.8. The number of halogens is 3. The van der Waals surface area contributed by atoms with Crippen molar-refractivity contribution in [3.8, 4) is 6.07 Å². The molecule has 1 aliphatic rings. The van der Waals surface area contributed by atoms with Crippen molar-refractivity contribution < 1.29 is 17.9 Å². The predicted octanol–water partition coefficient (Wildman–Crippen LogP) is 2.59. The summed E-state index contributed by atoms with van der Waals surface area (Å²) in [6, 6.07) is 1.73. The smallest absolute Gasteiger partial charge is 0.364 e. The summed E-state index contributed by atoms with van der Waals surface area (Å²) in [7, 11) is 1.00. The molecule has 15 heavy (non-hydrogen) atoms. The highest BCUT2D eigenvalue weighted by atomic mass is 19.4. The van der Waals surface area contributed by atoms with Crippen LogP contribution in [0.3, 0.4) is 0 Å². The Balaban J connectivity index is 3.11. The van der Waals surface area contributed by atoms with Crippen LogP contribution in [0.2, 0.25) is 0 Å². The highest BCUT2D eigenvalue weighted by Crippen LogP contribution is 2.43. The summed E-state index contributed by atoms with van der Waals surface area (Å²) in [6.07, 6.45) is 0.323. The van der Waals surface area contributed by atoms with Gasteiger partial charge in [-0.05, 0) is 6.08 Å². The van der Waals surface area contributed by atoms with Gasteiger partial charge < -0.3 is 4.74 Å². The van der Waals surface area contributed by atoms with Crippen LogP contribution in [-0.2, 0) is 4.74 Å². The number of nitriles is 1. The lowest BCUT2D eigenvalue weighted by atomic mass is 9.81. The second-order valence-corrected chi connectivity index (χ2v) is 3.21. The fourth-order valence-electron chi connectivity index (χ4n) is 1.62. The zero-order chi connectivity index (χ0) is 11.5. The normalized spacial score (nSPS) is 30.2. The predicted molar refractivity (Wildman–Crippen MR) is 47.8 cm³/mol. The van der Waals surface area contributed by atoms with E-state index >= 15 is 0 Å². The van der Waals surface area contributed by atoms with Gasteiger partial charge in [0.2, 0.25) is 0 Å². The number of hydrogen-bond donors (Lipinski definition) is 0. The Labute approximate surface area is 85.6 Å². The van der Waals surface area contributed by atoms with Gasteiger partial charge in [-0.1, -0.05) is 18.2 Å². The van der Waals surface area contributed by atoms with E-state index in [2.05, 4.69) is 4.74 Å². The Morgan fingerprint density at radius 1 is 1.47 bits per heavy atom. The lowest BCUT2D eigenvalue weighted by Crippen LogP contribution is -2.51. The van der Waals surface area contributed by atoms with E-state index in [4.69, 9.17) is 5.26 Å². The van der Waals surface area contributed by atoms with Gasteiger partial charge >= 0.3 is 6.18 Å². The Morgan fingerprint density at radius 3 is 2.60 bits per heavy atom. The van der Waals surface area contributed by atoms with E-state index in [0.29, 0.717) is 0 Å².